The lowest BCUT2D eigenvalue weighted by atomic mass is 10.1. The summed E-state index contributed by atoms with van der Waals surface area (Å²) in [4.78, 5) is 16.4. The van der Waals surface area contributed by atoms with E-state index in [1.54, 1.807) is 6.92 Å². The average Bonchev–Trinajstić information content (AvgIpc) is 2.62. The Morgan fingerprint density at radius 2 is 2.00 bits per heavy atom. The van der Waals surface area contributed by atoms with E-state index in [1.165, 1.54) is 5.56 Å². The van der Waals surface area contributed by atoms with Crippen LogP contribution < -0.4 is 5.73 Å². The highest BCUT2D eigenvalue weighted by Gasteiger charge is 2.24. The lowest BCUT2D eigenvalue weighted by Gasteiger charge is -2.26. The van der Waals surface area contributed by atoms with Gasteiger partial charge in [0.2, 0.25) is 5.91 Å². The van der Waals surface area contributed by atoms with Crippen molar-refractivity contribution in [3.8, 4) is 0 Å². The molecule has 1 heterocycles. The summed E-state index contributed by atoms with van der Waals surface area (Å²) < 4.78 is 0. The van der Waals surface area contributed by atoms with Crippen molar-refractivity contribution in [1.29, 1.82) is 0 Å². The van der Waals surface area contributed by atoms with E-state index in [-0.39, 0.29) is 5.91 Å². The highest BCUT2D eigenvalue weighted by molar-refractivity contribution is 5.81. The van der Waals surface area contributed by atoms with Crippen LogP contribution in [-0.2, 0) is 11.3 Å². The van der Waals surface area contributed by atoms with Gasteiger partial charge in [-0.1, -0.05) is 30.3 Å². The third kappa shape index (κ3) is 3.81. The van der Waals surface area contributed by atoms with E-state index in [4.69, 9.17) is 5.73 Å². The quantitative estimate of drug-likeness (QED) is 0.908. The third-order valence-electron chi connectivity index (χ3n) is 4.03. The van der Waals surface area contributed by atoms with E-state index >= 15 is 0 Å². The van der Waals surface area contributed by atoms with Gasteiger partial charge in [-0.2, -0.15) is 0 Å². The minimum absolute atomic E-state index is 0.0683. The second kappa shape index (κ2) is 6.86. The molecule has 1 fully saturated rings. The first-order chi connectivity index (χ1) is 9.58. The summed E-state index contributed by atoms with van der Waals surface area (Å²) in [5.41, 5.74) is 7.03. The zero-order chi connectivity index (χ0) is 14.5. The number of rotatable bonds is 3. The molecule has 0 radical (unpaired) electrons. The molecule has 110 valence electrons. The molecule has 0 aliphatic carbocycles. The number of hydrogen-bond donors (Lipinski definition) is 1. The fourth-order valence-electron chi connectivity index (χ4n) is 2.67. The van der Waals surface area contributed by atoms with Crippen molar-refractivity contribution in [3.63, 3.8) is 0 Å². The fourth-order valence-corrected chi connectivity index (χ4v) is 2.67. The predicted octanol–water partition coefficient (Wildman–Crippen LogP) is 1.46. The molecule has 1 amide bonds. The number of benzene rings is 1. The van der Waals surface area contributed by atoms with Gasteiger partial charge in [-0.3, -0.25) is 9.69 Å². The maximum Gasteiger partial charge on any atom is 0.239 e. The monoisotopic (exact) mass is 275 g/mol. The van der Waals surface area contributed by atoms with Crippen LogP contribution >= 0.6 is 0 Å². The lowest BCUT2D eigenvalue weighted by molar-refractivity contribution is -0.132. The van der Waals surface area contributed by atoms with Gasteiger partial charge < -0.3 is 10.6 Å². The van der Waals surface area contributed by atoms with Crippen LogP contribution in [0.3, 0.4) is 0 Å². The van der Waals surface area contributed by atoms with Crippen molar-refractivity contribution in [3.05, 3.63) is 35.9 Å². The van der Waals surface area contributed by atoms with Gasteiger partial charge in [0.05, 0.1) is 6.04 Å². The summed E-state index contributed by atoms with van der Waals surface area (Å²) in [5, 5.41) is 0. The minimum Gasteiger partial charge on any atom is -0.340 e. The van der Waals surface area contributed by atoms with E-state index in [2.05, 4.69) is 36.1 Å². The van der Waals surface area contributed by atoms with E-state index in [0.717, 1.165) is 32.6 Å². The number of carbonyl (C=O) groups excluding carboxylic acids is 1. The highest BCUT2D eigenvalue weighted by atomic mass is 16.2. The van der Waals surface area contributed by atoms with Crippen molar-refractivity contribution >= 4 is 5.91 Å². The summed E-state index contributed by atoms with van der Waals surface area (Å²) in [6, 6.07) is 10.6. The Kier molecular flexibility index (Phi) is 5.15. The summed E-state index contributed by atoms with van der Waals surface area (Å²) in [7, 11) is 0. The maximum absolute atomic E-state index is 12.0. The first kappa shape index (κ1) is 15.0. The molecule has 0 aromatic heterocycles. The van der Waals surface area contributed by atoms with Crippen LogP contribution in [0.1, 0.15) is 25.8 Å². The molecule has 0 spiro atoms. The van der Waals surface area contributed by atoms with Gasteiger partial charge in [0.15, 0.2) is 0 Å². The first-order valence-corrected chi connectivity index (χ1v) is 7.40. The third-order valence-corrected chi connectivity index (χ3v) is 4.03. The van der Waals surface area contributed by atoms with Crippen molar-refractivity contribution in [2.75, 3.05) is 19.6 Å². The predicted molar refractivity (Wildman–Crippen MR) is 81.2 cm³/mol. The topological polar surface area (TPSA) is 49.6 Å². The molecule has 0 saturated carbocycles. The highest BCUT2D eigenvalue weighted by Crippen LogP contribution is 2.15. The summed E-state index contributed by atoms with van der Waals surface area (Å²) in [6.07, 6.45) is 1.01. The molecule has 1 aliphatic heterocycles. The Morgan fingerprint density at radius 3 is 2.65 bits per heavy atom. The van der Waals surface area contributed by atoms with Gasteiger partial charge in [0.1, 0.15) is 0 Å². The van der Waals surface area contributed by atoms with Gasteiger partial charge in [0.25, 0.3) is 0 Å². The molecule has 20 heavy (non-hydrogen) atoms. The molecule has 1 aromatic carbocycles. The molecule has 2 N–H and O–H groups in total. The Bertz CT molecular complexity index is 433. The molecular formula is C16H25N3O. The Labute approximate surface area is 121 Å². The normalized spacial score (nSPS) is 22.4. The molecular weight excluding hydrogens is 250 g/mol. The molecule has 4 heteroatoms. The molecule has 2 rings (SSSR count). The van der Waals surface area contributed by atoms with Crippen molar-refractivity contribution in [2.24, 2.45) is 5.73 Å². The van der Waals surface area contributed by atoms with Crippen LogP contribution in [0, 0.1) is 0 Å². The first-order valence-electron chi connectivity index (χ1n) is 7.40. The zero-order valence-electron chi connectivity index (χ0n) is 12.5. The number of amides is 1. The van der Waals surface area contributed by atoms with E-state index < -0.39 is 6.04 Å². The molecule has 1 unspecified atom stereocenters. The lowest BCUT2D eigenvalue weighted by Crippen LogP contribution is -2.43. The van der Waals surface area contributed by atoms with Crippen molar-refractivity contribution < 1.29 is 4.79 Å². The smallest absolute Gasteiger partial charge is 0.239 e. The number of nitrogens with two attached hydrogens (primary N) is 1. The standard InChI is InChI=1S/C16H25N3O/c1-13-8-9-18(16(20)14(2)17)10-11-19(13)12-15-6-4-3-5-7-15/h3-7,13-14H,8-12,17H2,1-2H3/t13?,14-/m1/s1. The van der Waals surface area contributed by atoms with Crippen LogP contribution in [-0.4, -0.2) is 47.4 Å². The van der Waals surface area contributed by atoms with Gasteiger partial charge in [-0.05, 0) is 25.8 Å². The maximum atomic E-state index is 12.0. The van der Waals surface area contributed by atoms with Gasteiger partial charge in [0, 0.05) is 32.2 Å². The largest absolute Gasteiger partial charge is 0.340 e. The second-order valence-electron chi connectivity index (χ2n) is 5.71. The van der Waals surface area contributed by atoms with Crippen molar-refractivity contribution in [2.45, 2.75) is 38.9 Å². The van der Waals surface area contributed by atoms with Gasteiger partial charge >= 0.3 is 0 Å². The van der Waals surface area contributed by atoms with Crippen molar-refractivity contribution in [1.82, 2.24) is 9.80 Å². The second-order valence-corrected chi connectivity index (χ2v) is 5.71. The summed E-state index contributed by atoms with van der Waals surface area (Å²) in [6.45, 7) is 7.45. The molecule has 1 aromatic rings. The number of carbonyl (C=O) groups is 1. The van der Waals surface area contributed by atoms with E-state index in [1.807, 2.05) is 11.0 Å². The Hall–Kier alpha value is -1.39. The molecule has 1 saturated heterocycles. The molecule has 4 nitrogen and oxygen atoms in total. The summed E-state index contributed by atoms with van der Waals surface area (Å²) >= 11 is 0. The van der Waals surface area contributed by atoms with Crippen LogP contribution in [0.5, 0.6) is 0 Å². The molecule has 0 bridgehead atoms. The zero-order valence-corrected chi connectivity index (χ0v) is 12.5. The van der Waals surface area contributed by atoms with E-state index in [0.29, 0.717) is 6.04 Å². The number of nitrogens with zero attached hydrogens (tertiary/aromatic N) is 2. The average molecular weight is 275 g/mol. The van der Waals surface area contributed by atoms with Crippen LogP contribution in [0.25, 0.3) is 0 Å². The SMILES string of the molecule is CC1CCN(C(=O)[C@@H](C)N)CCN1Cc1ccccc1. The summed E-state index contributed by atoms with van der Waals surface area (Å²) in [5.74, 6) is 0.0683. The Morgan fingerprint density at radius 1 is 1.30 bits per heavy atom. The fraction of sp³-hybridized carbons (Fsp3) is 0.562. The van der Waals surface area contributed by atoms with E-state index in [9.17, 15) is 4.79 Å². The number of hydrogen-bond acceptors (Lipinski definition) is 3. The molecule has 1 aliphatic rings. The van der Waals surface area contributed by atoms with Crippen LogP contribution in [0.4, 0.5) is 0 Å². The Balaban J connectivity index is 1.97. The van der Waals surface area contributed by atoms with Crippen LogP contribution in [0.15, 0.2) is 30.3 Å². The van der Waals surface area contributed by atoms with Gasteiger partial charge in [-0.25, -0.2) is 0 Å². The van der Waals surface area contributed by atoms with Crippen LogP contribution in [0.2, 0.25) is 0 Å². The minimum atomic E-state index is -0.397. The molecule has 2 atom stereocenters. The van der Waals surface area contributed by atoms with Gasteiger partial charge in [-0.15, -0.1) is 0 Å².